The van der Waals surface area contributed by atoms with Crippen molar-refractivity contribution in [2.75, 3.05) is 7.05 Å². The number of nitrogens with one attached hydrogen (secondary N) is 1. The third-order valence-electron chi connectivity index (χ3n) is 3.32. The van der Waals surface area contributed by atoms with Gasteiger partial charge < -0.3 is 5.32 Å². The highest BCUT2D eigenvalue weighted by Crippen LogP contribution is 2.25. The fourth-order valence-corrected chi connectivity index (χ4v) is 2.38. The van der Waals surface area contributed by atoms with E-state index >= 15 is 0 Å². The highest BCUT2D eigenvalue weighted by atomic mass is 14.9. The Morgan fingerprint density at radius 2 is 1.78 bits per heavy atom. The summed E-state index contributed by atoms with van der Waals surface area (Å²) in [6, 6.07) is 10.8. The van der Waals surface area contributed by atoms with Gasteiger partial charge in [-0.05, 0) is 50.1 Å². The zero-order chi connectivity index (χ0) is 13.1. The Kier molecular flexibility index (Phi) is 3.78. The summed E-state index contributed by atoms with van der Waals surface area (Å²) in [5, 5.41) is 3.37. The van der Waals surface area contributed by atoms with Crippen LogP contribution in [0.4, 0.5) is 0 Å². The van der Waals surface area contributed by atoms with Crippen molar-refractivity contribution in [2.45, 2.75) is 26.8 Å². The van der Waals surface area contributed by atoms with Crippen LogP contribution in [0.2, 0.25) is 0 Å². The Hall–Kier alpha value is -1.67. The van der Waals surface area contributed by atoms with Crippen LogP contribution in [0.1, 0.15) is 34.0 Å². The van der Waals surface area contributed by atoms with E-state index in [4.69, 9.17) is 0 Å². The topological polar surface area (TPSA) is 24.9 Å². The van der Waals surface area contributed by atoms with E-state index in [1.165, 1.54) is 22.3 Å². The minimum Gasteiger partial charge on any atom is -0.308 e. The van der Waals surface area contributed by atoms with Gasteiger partial charge in [-0.3, -0.25) is 4.98 Å². The summed E-state index contributed by atoms with van der Waals surface area (Å²) in [4.78, 5) is 4.60. The van der Waals surface area contributed by atoms with Gasteiger partial charge in [0.05, 0.1) is 11.7 Å². The van der Waals surface area contributed by atoms with Crippen molar-refractivity contribution in [2.24, 2.45) is 0 Å². The monoisotopic (exact) mass is 240 g/mol. The average molecular weight is 240 g/mol. The fourth-order valence-electron chi connectivity index (χ4n) is 2.38. The van der Waals surface area contributed by atoms with Crippen LogP contribution in [0.15, 0.2) is 36.5 Å². The largest absolute Gasteiger partial charge is 0.308 e. The normalized spacial score (nSPS) is 12.4. The van der Waals surface area contributed by atoms with Gasteiger partial charge in [0.2, 0.25) is 0 Å². The summed E-state index contributed by atoms with van der Waals surface area (Å²) in [7, 11) is 1.98. The first kappa shape index (κ1) is 12.8. The molecule has 2 rings (SSSR count). The SMILES string of the molecule is CNC(c1ccccc1C)c1ncc(C)cc1C. The first-order chi connectivity index (χ1) is 8.63. The standard InChI is InChI=1S/C16H20N2/c1-11-9-13(3)15(18-10-11)16(17-4)14-8-6-5-7-12(14)2/h5-10,16-17H,1-4H3. The molecule has 0 fully saturated rings. The molecule has 0 spiro atoms. The lowest BCUT2D eigenvalue weighted by Gasteiger charge is -2.20. The van der Waals surface area contributed by atoms with E-state index in [2.05, 4.69) is 61.4 Å². The van der Waals surface area contributed by atoms with Gasteiger partial charge in [-0.2, -0.15) is 0 Å². The van der Waals surface area contributed by atoms with Crippen LogP contribution in [-0.2, 0) is 0 Å². The molecule has 1 atom stereocenters. The van der Waals surface area contributed by atoms with Crippen LogP contribution in [0, 0.1) is 20.8 Å². The van der Waals surface area contributed by atoms with Crippen molar-refractivity contribution in [3.05, 3.63) is 64.5 Å². The molecule has 0 radical (unpaired) electrons. The third kappa shape index (κ3) is 2.44. The van der Waals surface area contributed by atoms with Gasteiger partial charge >= 0.3 is 0 Å². The number of rotatable bonds is 3. The predicted octanol–water partition coefficient (Wildman–Crippen LogP) is 3.32. The van der Waals surface area contributed by atoms with E-state index in [9.17, 15) is 0 Å². The summed E-state index contributed by atoms with van der Waals surface area (Å²) >= 11 is 0. The number of nitrogens with zero attached hydrogens (tertiary/aromatic N) is 1. The second kappa shape index (κ2) is 5.32. The zero-order valence-electron chi connectivity index (χ0n) is 11.5. The van der Waals surface area contributed by atoms with Crippen LogP contribution in [0.3, 0.4) is 0 Å². The Morgan fingerprint density at radius 1 is 1.06 bits per heavy atom. The lowest BCUT2D eigenvalue weighted by atomic mass is 9.96. The highest BCUT2D eigenvalue weighted by molar-refractivity contribution is 5.37. The summed E-state index contributed by atoms with van der Waals surface area (Å²) in [6.07, 6.45) is 1.94. The lowest BCUT2D eigenvalue weighted by molar-refractivity contribution is 0.661. The Bertz CT molecular complexity index is 547. The van der Waals surface area contributed by atoms with Gasteiger partial charge in [0, 0.05) is 6.20 Å². The van der Waals surface area contributed by atoms with Gasteiger partial charge in [-0.1, -0.05) is 30.3 Å². The predicted molar refractivity (Wildman–Crippen MR) is 75.8 cm³/mol. The van der Waals surface area contributed by atoms with Gasteiger partial charge in [-0.15, -0.1) is 0 Å². The molecule has 1 N–H and O–H groups in total. The minimum absolute atomic E-state index is 0.159. The van der Waals surface area contributed by atoms with Gasteiger partial charge in [-0.25, -0.2) is 0 Å². The molecule has 0 amide bonds. The molecule has 1 aromatic heterocycles. The van der Waals surface area contributed by atoms with Crippen LogP contribution in [0.5, 0.6) is 0 Å². The number of pyridine rings is 1. The summed E-state index contributed by atoms with van der Waals surface area (Å²) in [5.41, 5.74) is 6.13. The van der Waals surface area contributed by atoms with Crippen molar-refractivity contribution < 1.29 is 0 Å². The second-order valence-electron chi connectivity index (χ2n) is 4.79. The Morgan fingerprint density at radius 3 is 2.39 bits per heavy atom. The molecule has 2 aromatic rings. The molecule has 1 unspecified atom stereocenters. The smallest absolute Gasteiger partial charge is 0.0754 e. The van der Waals surface area contributed by atoms with E-state index in [0.717, 1.165) is 5.69 Å². The molecule has 2 heteroatoms. The third-order valence-corrected chi connectivity index (χ3v) is 3.32. The molecular formula is C16H20N2. The van der Waals surface area contributed by atoms with Crippen LogP contribution >= 0.6 is 0 Å². The maximum Gasteiger partial charge on any atom is 0.0754 e. The maximum atomic E-state index is 4.60. The van der Waals surface area contributed by atoms with Crippen molar-refractivity contribution in [3.8, 4) is 0 Å². The van der Waals surface area contributed by atoms with Crippen molar-refractivity contribution in [1.29, 1.82) is 0 Å². The Labute approximate surface area is 109 Å². The van der Waals surface area contributed by atoms with Crippen molar-refractivity contribution in [1.82, 2.24) is 10.3 Å². The number of aryl methyl sites for hydroxylation is 3. The van der Waals surface area contributed by atoms with Gasteiger partial charge in [0.25, 0.3) is 0 Å². The van der Waals surface area contributed by atoms with Crippen molar-refractivity contribution >= 4 is 0 Å². The molecule has 0 saturated heterocycles. The minimum atomic E-state index is 0.159. The molecule has 0 aliphatic carbocycles. The first-order valence-electron chi connectivity index (χ1n) is 6.29. The zero-order valence-corrected chi connectivity index (χ0v) is 11.5. The number of aromatic nitrogens is 1. The van der Waals surface area contributed by atoms with Crippen molar-refractivity contribution in [3.63, 3.8) is 0 Å². The molecule has 1 heterocycles. The van der Waals surface area contributed by atoms with E-state index in [0.29, 0.717) is 0 Å². The molecule has 0 saturated carbocycles. The lowest BCUT2D eigenvalue weighted by Crippen LogP contribution is -2.21. The number of hydrogen-bond acceptors (Lipinski definition) is 2. The molecule has 2 nitrogen and oxygen atoms in total. The molecule has 0 aliphatic rings. The van der Waals surface area contributed by atoms with E-state index < -0.39 is 0 Å². The van der Waals surface area contributed by atoms with Gasteiger partial charge in [0.15, 0.2) is 0 Å². The molecule has 0 aliphatic heterocycles. The summed E-state index contributed by atoms with van der Waals surface area (Å²) in [6.45, 7) is 6.34. The van der Waals surface area contributed by atoms with Crippen LogP contribution < -0.4 is 5.32 Å². The molecule has 0 bridgehead atoms. The molecule has 94 valence electrons. The highest BCUT2D eigenvalue weighted by Gasteiger charge is 2.17. The van der Waals surface area contributed by atoms with E-state index in [-0.39, 0.29) is 6.04 Å². The molecule has 18 heavy (non-hydrogen) atoms. The summed E-state index contributed by atoms with van der Waals surface area (Å²) in [5.74, 6) is 0. The average Bonchev–Trinajstić information content (AvgIpc) is 2.34. The maximum absolute atomic E-state index is 4.60. The first-order valence-corrected chi connectivity index (χ1v) is 6.29. The van der Waals surface area contributed by atoms with E-state index in [1.807, 2.05) is 13.2 Å². The quantitative estimate of drug-likeness (QED) is 0.890. The molecule has 1 aromatic carbocycles. The van der Waals surface area contributed by atoms with Gasteiger partial charge in [0.1, 0.15) is 0 Å². The molecular weight excluding hydrogens is 220 g/mol. The fraction of sp³-hybridized carbons (Fsp3) is 0.312. The van der Waals surface area contributed by atoms with E-state index in [1.54, 1.807) is 0 Å². The van der Waals surface area contributed by atoms with Crippen LogP contribution in [0.25, 0.3) is 0 Å². The summed E-state index contributed by atoms with van der Waals surface area (Å²) < 4.78 is 0. The number of hydrogen-bond donors (Lipinski definition) is 1. The number of benzene rings is 1. The van der Waals surface area contributed by atoms with Crippen LogP contribution in [-0.4, -0.2) is 12.0 Å². The Balaban J connectivity index is 2.49. The second-order valence-corrected chi connectivity index (χ2v) is 4.79.